The molecule has 1 fully saturated rings. The summed E-state index contributed by atoms with van der Waals surface area (Å²) in [5.74, 6) is -0.900. The molecule has 4 atom stereocenters. The molecule has 25 heavy (non-hydrogen) atoms. The molecule has 0 aromatic rings. The highest BCUT2D eigenvalue weighted by Gasteiger charge is 2.39. The lowest BCUT2D eigenvalue weighted by molar-refractivity contribution is -0.137. The van der Waals surface area contributed by atoms with Crippen LogP contribution in [-0.4, -0.2) is 39.3 Å². The van der Waals surface area contributed by atoms with Crippen LogP contribution in [0.5, 0.6) is 0 Å². The van der Waals surface area contributed by atoms with Gasteiger partial charge in [0.1, 0.15) is 5.78 Å². The Morgan fingerprint density at radius 3 is 2.60 bits per heavy atom. The van der Waals surface area contributed by atoms with E-state index in [2.05, 4.69) is 6.92 Å². The fourth-order valence-electron chi connectivity index (χ4n) is 3.54. The van der Waals surface area contributed by atoms with Gasteiger partial charge < -0.3 is 15.3 Å². The van der Waals surface area contributed by atoms with Gasteiger partial charge in [-0.15, -0.1) is 0 Å². The molecule has 0 saturated heterocycles. The molecule has 1 aliphatic carbocycles. The summed E-state index contributed by atoms with van der Waals surface area (Å²) in [6.45, 7) is 2.13. The second-order valence-electron chi connectivity index (χ2n) is 7.22. The Hall–Kier alpha value is -1.20. The molecule has 3 N–H and O–H groups in total. The maximum Gasteiger partial charge on any atom is 0.303 e. The molecule has 5 heteroatoms. The zero-order valence-corrected chi connectivity index (χ0v) is 15.4. The number of aliphatic carboxylic acids is 1. The highest BCUT2D eigenvalue weighted by Crippen LogP contribution is 2.34. The summed E-state index contributed by atoms with van der Waals surface area (Å²) < 4.78 is 0. The lowest BCUT2D eigenvalue weighted by Gasteiger charge is -2.18. The minimum Gasteiger partial charge on any atom is -0.481 e. The van der Waals surface area contributed by atoms with E-state index in [9.17, 15) is 19.8 Å². The predicted molar refractivity (Wildman–Crippen MR) is 97.2 cm³/mol. The van der Waals surface area contributed by atoms with Crippen LogP contribution in [0, 0.1) is 11.8 Å². The van der Waals surface area contributed by atoms with Crippen molar-refractivity contribution in [3.05, 3.63) is 12.2 Å². The number of hydrogen-bond donors (Lipinski definition) is 3. The number of hydrogen-bond acceptors (Lipinski definition) is 4. The standard InChI is InChI=1S/C20H34O5/c1-2-3-6-10-16-17(19(23)14-18(16)22)13-12-15(21)9-7-4-5-8-11-20(24)25/h12-13,15-17,19,21,23H,2-11,14H2,1H3,(H,24,25)/b13-12+/t15-,16-,17+,19-/m0/s1. The Morgan fingerprint density at radius 1 is 1.20 bits per heavy atom. The molecule has 0 bridgehead atoms. The maximum absolute atomic E-state index is 12.1. The Balaban J connectivity index is 2.33. The summed E-state index contributed by atoms with van der Waals surface area (Å²) in [6.07, 6.45) is 10.7. The molecular weight excluding hydrogens is 320 g/mol. The van der Waals surface area contributed by atoms with Crippen LogP contribution >= 0.6 is 0 Å². The molecule has 0 radical (unpaired) electrons. The fourth-order valence-corrected chi connectivity index (χ4v) is 3.54. The van der Waals surface area contributed by atoms with Gasteiger partial charge in [-0.1, -0.05) is 57.6 Å². The first-order chi connectivity index (χ1) is 12.0. The first-order valence-electron chi connectivity index (χ1n) is 9.74. The van der Waals surface area contributed by atoms with Crippen molar-refractivity contribution in [1.29, 1.82) is 0 Å². The molecular formula is C20H34O5. The molecule has 0 unspecified atom stereocenters. The van der Waals surface area contributed by atoms with Gasteiger partial charge in [0.15, 0.2) is 0 Å². The van der Waals surface area contributed by atoms with Crippen LogP contribution in [0.25, 0.3) is 0 Å². The average molecular weight is 354 g/mol. The lowest BCUT2D eigenvalue weighted by atomic mass is 9.88. The Bertz CT molecular complexity index is 432. The van der Waals surface area contributed by atoms with Gasteiger partial charge in [-0.05, 0) is 19.3 Å². The van der Waals surface area contributed by atoms with Crippen molar-refractivity contribution in [3.8, 4) is 0 Å². The van der Waals surface area contributed by atoms with Crippen molar-refractivity contribution in [1.82, 2.24) is 0 Å². The van der Waals surface area contributed by atoms with Crippen molar-refractivity contribution >= 4 is 11.8 Å². The van der Waals surface area contributed by atoms with Crippen molar-refractivity contribution in [3.63, 3.8) is 0 Å². The largest absolute Gasteiger partial charge is 0.481 e. The zero-order chi connectivity index (χ0) is 18.7. The molecule has 0 amide bonds. The van der Waals surface area contributed by atoms with Gasteiger partial charge in [0.25, 0.3) is 0 Å². The van der Waals surface area contributed by atoms with Crippen LogP contribution < -0.4 is 0 Å². The number of rotatable bonds is 13. The molecule has 0 heterocycles. The quantitative estimate of drug-likeness (QED) is 0.348. The van der Waals surface area contributed by atoms with E-state index in [4.69, 9.17) is 5.11 Å². The smallest absolute Gasteiger partial charge is 0.303 e. The highest BCUT2D eigenvalue weighted by atomic mass is 16.4. The third-order valence-electron chi connectivity index (χ3n) is 5.05. The SMILES string of the molecule is CCCCC[C@@H]1C(=O)C[C@H](O)[C@@H]1/C=C/[C@@H](O)CCCCCCC(=O)O. The van der Waals surface area contributed by atoms with Crippen LogP contribution in [0.4, 0.5) is 0 Å². The van der Waals surface area contributed by atoms with Gasteiger partial charge in [-0.25, -0.2) is 0 Å². The number of carboxylic acids is 1. The van der Waals surface area contributed by atoms with Crippen molar-refractivity contribution in [2.45, 2.75) is 89.8 Å². The minimum atomic E-state index is -0.763. The topological polar surface area (TPSA) is 94.8 Å². The van der Waals surface area contributed by atoms with Crippen molar-refractivity contribution in [2.24, 2.45) is 11.8 Å². The second kappa shape index (κ2) is 12.2. The lowest BCUT2D eigenvalue weighted by Crippen LogP contribution is -2.19. The fraction of sp³-hybridized carbons (Fsp3) is 0.800. The van der Waals surface area contributed by atoms with Crippen LogP contribution in [0.2, 0.25) is 0 Å². The van der Waals surface area contributed by atoms with Gasteiger partial charge in [0.2, 0.25) is 0 Å². The predicted octanol–water partition coefficient (Wildman–Crippen LogP) is 3.48. The second-order valence-corrected chi connectivity index (χ2v) is 7.22. The van der Waals surface area contributed by atoms with Gasteiger partial charge in [-0.2, -0.15) is 0 Å². The molecule has 1 saturated carbocycles. The van der Waals surface area contributed by atoms with Crippen LogP contribution in [0.1, 0.15) is 77.6 Å². The number of ketones is 1. The molecule has 0 aliphatic heterocycles. The van der Waals surface area contributed by atoms with Crippen LogP contribution in [-0.2, 0) is 9.59 Å². The number of Topliss-reactive ketones (excluding diaryl/α,β-unsaturated/α-hetero) is 1. The highest BCUT2D eigenvalue weighted by molar-refractivity contribution is 5.84. The molecule has 0 aromatic heterocycles. The van der Waals surface area contributed by atoms with E-state index in [0.717, 1.165) is 44.9 Å². The third-order valence-corrected chi connectivity index (χ3v) is 5.05. The summed E-state index contributed by atoms with van der Waals surface area (Å²) in [7, 11) is 0. The van der Waals surface area contributed by atoms with E-state index in [1.54, 1.807) is 6.08 Å². The van der Waals surface area contributed by atoms with E-state index in [1.807, 2.05) is 6.08 Å². The Labute approximate surface area is 151 Å². The first-order valence-corrected chi connectivity index (χ1v) is 9.74. The van der Waals surface area contributed by atoms with Gasteiger partial charge >= 0.3 is 5.97 Å². The Kier molecular flexibility index (Phi) is 10.7. The molecule has 0 aromatic carbocycles. The number of aliphatic hydroxyl groups excluding tert-OH is 2. The van der Waals surface area contributed by atoms with Gasteiger partial charge in [-0.3, -0.25) is 9.59 Å². The van der Waals surface area contributed by atoms with E-state index in [1.165, 1.54) is 0 Å². The number of aliphatic hydroxyl groups is 2. The summed E-state index contributed by atoms with van der Waals surface area (Å²) >= 11 is 0. The van der Waals surface area contributed by atoms with E-state index in [-0.39, 0.29) is 30.5 Å². The van der Waals surface area contributed by atoms with Gasteiger partial charge in [0.05, 0.1) is 12.2 Å². The average Bonchev–Trinajstić information content (AvgIpc) is 2.82. The van der Waals surface area contributed by atoms with E-state index >= 15 is 0 Å². The third kappa shape index (κ3) is 8.63. The Morgan fingerprint density at radius 2 is 1.92 bits per heavy atom. The maximum atomic E-state index is 12.1. The monoisotopic (exact) mass is 354 g/mol. The summed E-state index contributed by atoms with van der Waals surface area (Å²) in [5, 5.41) is 28.7. The van der Waals surface area contributed by atoms with Crippen molar-refractivity contribution < 1.29 is 24.9 Å². The zero-order valence-electron chi connectivity index (χ0n) is 15.4. The number of carbonyl (C=O) groups is 2. The van der Waals surface area contributed by atoms with Crippen LogP contribution in [0.15, 0.2) is 12.2 Å². The first kappa shape index (κ1) is 21.8. The van der Waals surface area contributed by atoms with E-state index in [0.29, 0.717) is 12.8 Å². The normalized spacial score (nSPS) is 24.9. The summed E-state index contributed by atoms with van der Waals surface area (Å²) in [5.41, 5.74) is 0. The van der Waals surface area contributed by atoms with Crippen LogP contribution in [0.3, 0.4) is 0 Å². The number of carboxylic acid groups (broad SMARTS) is 1. The molecule has 1 aliphatic rings. The molecule has 0 spiro atoms. The van der Waals surface area contributed by atoms with Gasteiger partial charge in [0, 0.05) is 24.7 Å². The minimum absolute atomic E-state index is 0.110. The summed E-state index contributed by atoms with van der Waals surface area (Å²) in [6, 6.07) is 0. The molecule has 5 nitrogen and oxygen atoms in total. The molecule has 1 rings (SSSR count). The summed E-state index contributed by atoms with van der Waals surface area (Å²) in [4.78, 5) is 22.5. The van der Waals surface area contributed by atoms with Crippen molar-refractivity contribution in [2.75, 3.05) is 0 Å². The van der Waals surface area contributed by atoms with E-state index < -0.39 is 18.2 Å². The number of carbonyl (C=O) groups excluding carboxylic acids is 1. The molecule has 144 valence electrons. The number of unbranched alkanes of at least 4 members (excludes halogenated alkanes) is 5.